The van der Waals surface area contributed by atoms with Crippen molar-refractivity contribution in [3.63, 3.8) is 0 Å². The minimum absolute atomic E-state index is 0.311. The van der Waals surface area contributed by atoms with Gasteiger partial charge >= 0.3 is 5.97 Å². The molecule has 4 nitrogen and oxygen atoms in total. The average molecular weight is 263 g/mol. The maximum atomic E-state index is 11.4. The molecule has 1 rings (SSSR count). The summed E-state index contributed by atoms with van der Waals surface area (Å²) in [6.07, 6.45) is 4.01. The van der Waals surface area contributed by atoms with Crippen molar-refractivity contribution < 1.29 is 14.3 Å². The standard InChI is InChI=1S/C15H21NO3/c1-16(2)11-4-12-19-15(17)10-7-13-5-8-14(18-3)9-6-13/h5-10H,4,11-12H2,1-3H3. The number of esters is 1. The zero-order valence-electron chi connectivity index (χ0n) is 11.8. The van der Waals surface area contributed by atoms with Gasteiger partial charge in [0.1, 0.15) is 5.75 Å². The lowest BCUT2D eigenvalue weighted by atomic mass is 10.2. The van der Waals surface area contributed by atoms with Crippen LogP contribution in [0.3, 0.4) is 0 Å². The highest BCUT2D eigenvalue weighted by molar-refractivity contribution is 5.87. The van der Waals surface area contributed by atoms with Gasteiger partial charge in [-0.3, -0.25) is 0 Å². The number of nitrogens with zero attached hydrogens (tertiary/aromatic N) is 1. The molecule has 0 bridgehead atoms. The second-order valence-electron chi connectivity index (χ2n) is 4.43. The molecule has 0 unspecified atom stereocenters. The van der Waals surface area contributed by atoms with Crippen LogP contribution in [-0.2, 0) is 9.53 Å². The predicted molar refractivity (Wildman–Crippen MR) is 76.2 cm³/mol. The third kappa shape index (κ3) is 6.62. The molecule has 0 saturated carbocycles. The monoisotopic (exact) mass is 263 g/mol. The van der Waals surface area contributed by atoms with Gasteiger partial charge in [0.25, 0.3) is 0 Å². The summed E-state index contributed by atoms with van der Waals surface area (Å²) >= 11 is 0. The van der Waals surface area contributed by atoms with Crippen molar-refractivity contribution in [1.29, 1.82) is 0 Å². The van der Waals surface area contributed by atoms with Crippen molar-refractivity contribution >= 4 is 12.0 Å². The second-order valence-corrected chi connectivity index (χ2v) is 4.43. The van der Waals surface area contributed by atoms with Crippen LogP contribution in [0.25, 0.3) is 6.08 Å². The molecular formula is C15H21NO3. The lowest BCUT2D eigenvalue weighted by Gasteiger charge is -2.08. The topological polar surface area (TPSA) is 38.8 Å². The van der Waals surface area contributed by atoms with Gasteiger partial charge in [0.05, 0.1) is 13.7 Å². The van der Waals surface area contributed by atoms with Crippen molar-refractivity contribution in [2.24, 2.45) is 0 Å². The maximum absolute atomic E-state index is 11.4. The van der Waals surface area contributed by atoms with Gasteiger partial charge in [-0.25, -0.2) is 4.79 Å². The minimum atomic E-state index is -0.311. The number of ether oxygens (including phenoxy) is 2. The zero-order chi connectivity index (χ0) is 14.1. The Bertz CT molecular complexity index is 410. The van der Waals surface area contributed by atoms with Crippen molar-refractivity contribution in [1.82, 2.24) is 4.90 Å². The Morgan fingerprint density at radius 3 is 2.53 bits per heavy atom. The molecule has 0 aliphatic carbocycles. The van der Waals surface area contributed by atoms with Gasteiger partial charge in [-0.15, -0.1) is 0 Å². The Labute approximate surface area is 114 Å². The van der Waals surface area contributed by atoms with Crippen LogP contribution in [0.2, 0.25) is 0 Å². The molecule has 0 radical (unpaired) electrons. The minimum Gasteiger partial charge on any atom is -0.497 e. The Kier molecular flexibility index (Phi) is 6.68. The van der Waals surface area contributed by atoms with Crippen LogP contribution in [0.15, 0.2) is 30.3 Å². The first-order valence-corrected chi connectivity index (χ1v) is 6.25. The number of methoxy groups -OCH3 is 1. The summed E-state index contributed by atoms with van der Waals surface area (Å²) in [6.45, 7) is 1.36. The Balaban J connectivity index is 2.32. The van der Waals surface area contributed by atoms with Crippen molar-refractivity contribution in [3.8, 4) is 5.75 Å². The number of rotatable bonds is 7. The molecule has 0 heterocycles. The number of hydrogen-bond acceptors (Lipinski definition) is 4. The number of carbonyl (C=O) groups is 1. The van der Waals surface area contributed by atoms with E-state index in [4.69, 9.17) is 9.47 Å². The van der Waals surface area contributed by atoms with Gasteiger partial charge in [-0.2, -0.15) is 0 Å². The summed E-state index contributed by atoms with van der Waals surface area (Å²) in [5.74, 6) is 0.484. The molecule has 1 aromatic rings. The third-order valence-electron chi connectivity index (χ3n) is 2.52. The first-order valence-electron chi connectivity index (χ1n) is 6.25. The van der Waals surface area contributed by atoms with E-state index in [1.54, 1.807) is 13.2 Å². The molecule has 19 heavy (non-hydrogen) atoms. The van der Waals surface area contributed by atoms with Crippen LogP contribution in [-0.4, -0.2) is 45.2 Å². The summed E-state index contributed by atoms with van der Waals surface area (Å²) in [6, 6.07) is 7.47. The lowest BCUT2D eigenvalue weighted by molar-refractivity contribution is -0.137. The molecule has 0 saturated heterocycles. The number of carbonyl (C=O) groups excluding carboxylic acids is 1. The third-order valence-corrected chi connectivity index (χ3v) is 2.52. The van der Waals surface area contributed by atoms with Crippen LogP contribution >= 0.6 is 0 Å². The highest BCUT2D eigenvalue weighted by atomic mass is 16.5. The molecule has 104 valence electrons. The first-order chi connectivity index (χ1) is 9.11. The molecular weight excluding hydrogens is 242 g/mol. The molecule has 0 amide bonds. The van der Waals surface area contributed by atoms with E-state index >= 15 is 0 Å². The predicted octanol–water partition coefficient (Wildman–Crippen LogP) is 2.20. The highest BCUT2D eigenvalue weighted by Gasteiger charge is 1.98. The largest absolute Gasteiger partial charge is 0.497 e. The normalized spacial score (nSPS) is 10.9. The van der Waals surface area contributed by atoms with E-state index in [-0.39, 0.29) is 5.97 Å². The van der Waals surface area contributed by atoms with Gasteiger partial charge in [0.2, 0.25) is 0 Å². The summed E-state index contributed by atoms with van der Waals surface area (Å²) in [5.41, 5.74) is 0.936. The van der Waals surface area contributed by atoms with Crippen molar-refractivity contribution in [2.75, 3.05) is 34.4 Å². The Morgan fingerprint density at radius 2 is 1.95 bits per heavy atom. The first kappa shape index (κ1) is 15.2. The van der Waals surface area contributed by atoms with Crippen molar-refractivity contribution in [2.45, 2.75) is 6.42 Å². The molecule has 0 atom stereocenters. The number of hydrogen-bond donors (Lipinski definition) is 0. The SMILES string of the molecule is COc1ccc(C=CC(=O)OCCCN(C)C)cc1. The fourth-order valence-corrected chi connectivity index (χ4v) is 1.48. The van der Waals surface area contributed by atoms with Gasteiger partial charge in [-0.1, -0.05) is 12.1 Å². The molecule has 0 N–H and O–H groups in total. The van der Waals surface area contributed by atoms with Crippen molar-refractivity contribution in [3.05, 3.63) is 35.9 Å². The summed E-state index contributed by atoms with van der Waals surface area (Å²) < 4.78 is 10.1. The van der Waals surface area contributed by atoms with Crippen LogP contribution in [0.1, 0.15) is 12.0 Å². The van der Waals surface area contributed by atoms with Crippen LogP contribution in [0, 0.1) is 0 Å². The van der Waals surface area contributed by atoms with Gasteiger partial charge in [0.15, 0.2) is 0 Å². The van der Waals surface area contributed by atoms with E-state index in [1.807, 2.05) is 38.4 Å². The Morgan fingerprint density at radius 1 is 1.26 bits per heavy atom. The second kappa shape index (κ2) is 8.32. The van der Waals surface area contributed by atoms with Crippen LogP contribution < -0.4 is 4.74 Å². The number of benzene rings is 1. The molecule has 0 aliphatic heterocycles. The van der Waals surface area contributed by atoms with Gasteiger partial charge in [-0.05, 0) is 44.3 Å². The molecule has 0 fully saturated rings. The fourth-order valence-electron chi connectivity index (χ4n) is 1.48. The lowest BCUT2D eigenvalue weighted by Crippen LogP contribution is -2.15. The van der Waals surface area contributed by atoms with E-state index in [2.05, 4.69) is 4.90 Å². The molecule has 1 aromatic carbocycles. The fraction of sp³-hybridized carbons (Fsp3) is 0.400. The van der Waals surface area contributed by atoms with E-state index in [0.29, 0.717) is 6.61 Å². The van der Waals surface area contributed by atoms with E-state index in [0.717, 1.165) is 24.3 Å². The highest BCUT2D eigenvalue weighted by Crippen LogP contribution is 2.12. The zero-order valence-corrected chi connectivity index (χ0v) is 11.8. The Hall–Kier alpha value is -1.81. The molecule has 4 heteroatoms. The maximum Gasteiger partial charge on any atom is 0.330 e. The summed E-state index contributed by atoms with van der Waals surface area (Å²) in [5, 5.41) is 0. The summed E-state index contributed by atoms with van der Waals surface area (Å²) in [4.78, 5) is 13.5. The molecule has 0 aliphatic rings. The molecule has 0 spiro atoms. The van der Waals surface area contributed by atoms with Crippen LogP contribution in [0.4, 0.5) is 0 Å². The smallest absolute Gasteiger partial charge is 0.330 e. The van der Waals surface area contributed by atoms with Gasteiger partial charge in [0, 0.05) is 12.6 Å². The average Bonchev–Trinajstić information content (AvgIpc) is 2.41. The van der Waals surface area contributed by atoms with E-state index in [1.165, 1.54) is 6.08 Å². The quantitative estimate of drug-likeness (QED) is 0.429. The van der Waals surface area contributed by atoms with E-state index < -0.39 is 0 Å². The molecule has 0 aromatic heterocycles. The van der Waals surface area contributed by atoms with Gasteiger partial charge < -0.3 is 14.4 Å². The van der Waals surface area contributed by atoms with Crippen LogP contribution in [0.5, 0.6) is 5.75 Å². The summed E-state index contributed by atoms with van der Waals surface area (Å²) in [7, 11) is 5.60. The van der Waals surface area contributed by atoms with E-state index in [9.17, 15) is 4.79 Å².